The number of rotatable bonds is 4. The van der Waals surface area contributed by atoms with E-state index in [0.717, 1.165) is 12.8 Å². The molecule has 1 amide bonds. The Bertz CT molecular complexity index is 893. The fourth-order valence-corrected chi connectivity index (χ4v) is 4.79. The molecule has 3 rings (SSSR count). The number of benzene rings is 2. The molecule has 1 saturated heterocycles. The van der Waals surface area contributed by atoms with Crippen molar-refractivity contribution in [3.8, 4) is 0 Å². The van der Waals surface area contributed by atoms with Crippen LogP contribution >= 0.6 is 23.2 Å². The summed E-state index contributed by atoms with van der Waals surface area (Å²) in [6, 6.07) is 10.8. The van der Waals surface area contributed by atoms with Crippen LogP contribution in [0.25, 0.3) is 0 Å². The standard InChI is InChI=1S/C17H16Cl2N2O3S/c18-13-5-3-12(4-6-13)17(22)20-14-7-8-15(19)16(11-14)25(23,24)21-9-1-2-10-21/h3-8,11H,1-2,9-10H2,(H,20,22). The number of hydrogen-bond acceptors (Lipinski definition) is 3. The van der Waals surface area contributed by atoms with Crippen molar-refractivity contribution in [2.45, 2.75) is 17.7 Å². The van der Waals surface area contributed by atoms with Crippen molar-refractivity contribution in [3.05, 3.63) is 58.1 Å². The van der Waals surface area contributed by atoms with E-state index < -0.39 is 10.0 Å². The average molecular weight is 399 g/mol. The topological polar surface area (TPSA) is 66.5 Å². The molecule has 0 aliphatic carbocycles. The summed E-state index contributed by atoms with van der Waals surface area (Å²) in [6.45, 7) is 0.972. The first-order valence-corrected chi connectivity index (χ1v) is 9.94. The van der Waals surface area contributed by atoms with Crippen LogP contribution in [0.2, 0.25) is 10.0 Å². The van der Waals surface area contributed by atoms with E-state index in [1.54, 1.807) is 30.3 Å². The molecule has 0 aromatic heterocycles. The minimum Gasteiger partial charge on any atom is -0.322 e. The summed E-state index contributed by atoms with van der Waals surface area (Å²) in [7, 11) is -3.67. The highest BCUT2D eigenvalue weighted by molar-refractivity contribution is 7.89. The largest absolute Gasteiger partial charge is 0.322 e. The van der Waals surface area contributed by atoms with E-state index >= 15 is 0 Å². The fraction of sp³-hybridized carbons (Fsp3) is 0.235. The Hall–Kier alpha value is -1.60. The molecule has 25 heavy (non-hydrogen) atoms. The van der Waals surface area contributed by atoms with Gasteiger partial charge < -0.3 is 5.32 Å². The van der Waals surface area contributed by atoms with E-state index in [9.17, 15) is 13.2 Å². The molecule has 0 radical (unpaired) electrons. The fourth-order valence-electron chi connectivity index (χ4n) is 2.65. The van der Waals surface area contributed by atoms with Crippen LogP contribution in [0, 0.1) is 0 Å². The van der Waals surface area contributed by atoms with Gasteiger partial charge in [0.25, 0.3) is 5.91 Å². The first-order valence-electron chi connectivity index (χ1n) is 7.74. The third-order valence-corrected chi connectivity index (χ3v) is 6.61. The second-order valence-corrected chi connectivity index (χ2v) is 8.47. The monoisotopic (exact) mass is 398 g/mol. The molecule has 2 aromatic carbocycles. The molecule has 0 spiro atoms. The summed E-state index contributed by atoms with van der Waals surface area (Å²) in [5.41, 5.74) is 0.783. The predicted molar refractivity (Wildman–Crippen MR) is 98.9 cm³/mol. The van der Waals surface area contributed by atoms with Crippen LogP contribution < -0.4 is 5.32 Å². The molecule has 8 heteroatoms. The molecule has 2 aromatic rings. The third-order valence-electron chi connectivity index (χ3n) is 3.98. The van der Waals surface area contributed by atoms with Crippen molar-refractivity contribution < 1.29 is 13.2 Å². The van der Waals surface area contributed by atoms with Gasteiger partial charge in [0.1, 0.15) is 4.90 Å². The van der Waals surface area contributed by atoms with Gasteiger partial charge >= 0.3 is 0 Å². The van der Waals surface area contributed by atoms with Gasteiger partial charge in [-0.05, 0) is 55.3 Å². The van der Waals surface area contributed by atoms with Gasteiger partial charge in [0.15, 0.2) is 0 Å². The second-order valence-electron chi connectivity index (χ2n) is 5.72. The molecule has 1 N–H and O–H groups in total. The summed E-state index contributed by atoms with van der Waals surface area (Å²) in [5, 5.41) is 3.35. The van der Waals surface area contributed by atoms with Crippen LogP contribution in [0.3, 0.4) is 0 Å². The first-order chi connectivity index (χ1) is 11.9. The number of carbonyl (C=O) groups excluding carboxylic acids is 1. The summed E-state index contributed by atoms with van der Waals surface area (Å²) in [4.78, 5) is 12.3. The van der Waals surface area contributed by atoms with E-state index in [1.165, 1.54) is 16.4 Å². The molecule has 132 valence electrons. The highest BCUT2D eigenvalue weighted by atomic mass is 35.5. The van der Waals surface area contributed by atoms with Crippen LogP contribution in [0.15, 0.2) is 47.4 Å². The van der Waals surface area contributed by atoms with Gasteiger partial charge in [-0.2, -0.15) is 4.31 Å². The van der Waals surface area contributed by atoms with Crippen LogP contribution in [-0.2, 0) is 10.0 Å². The molecule has 0 unspecified atom stereocenters. The Labute approximate surface area is 156 Å². The smallest absolute Gasteiger partial charge is 0.255 e. The van der Waals surface area contributed by atoms with Gasteiger partial charge in [-0.15, -0.1) is 0 Å². The highest BCUT2D eigenvalue weighted by Crippen LogP contribution is 2.29. The number of nitrogens with zero attached hydrogens (tertiary/aromatic N) is 1. The lowest BCUT2D eigenvalue weighted by molar-refractivity contribution is 0.102. The number of carbonyl (C=O) groups is 1. The Morgan fingerprint density at radius 2 is 1.64 bits per heavy atom. The zero-order chi connectivity index (χ0) is 18.0. The maximum Gasteiger partial charge on any atom is 0.255 e. The quantitative estimate of drug-likeness (QED) is 0.844. The van der Waals surface area contributed by atoms with Gasteiger partial charge in [-0.1, -0.05) is 23.2 Å². The minimum absolute atomic E-state index is 0.00460. The van der Waals surface area contributed by atoms with Gasteiger partial charge in [-0.25, -0.2) is 8.42 Å². The number of halogens is 2. The average Bonchev–Trinajstić information content (AvgIpc) is 3.12. The van der Waals surface area contributed by atoms with Crippen molar-refractivity contribution in [2.24, 2.45) is 0 Å². The lowest BCUT2D eigenvalue weighted by Crippen LogP contribution is -2.28. The minimum atomic E-state index is -3.67. The van der Waals surface area contributed by atoms with Gasteiger partial charge in [-0.3, -0.25) is 4.79 Å². The van der Waals surface area contributed by atoms with Crippen molar-refractivity contribution in [1.82, 2.24) is 4.31 Å². The zero-order valence-electron chi connectivity index (χ0n) is 13.2. The van der Waals surface area contributed by atoms with E-state index in [0.29, 0.717) is 29.4 Å². The number of nitrogens with one attached hydrogen (secondary N) is 1. The van der Waals surface area contributed by atoms with Crippen LogP contribution in [-0.4, -0.2) is 31.7 Å². The second kappa shape index (κ2) is 7.33. The zero-order valence-corrected chi connectivity index (χ0v) is 15.5. The van der Waals surface area contributed by atoms with Crippen molar-refractivity contribution in [2.75, 3.05) is 18.4 Å². The van der Waals surface area contributed by atoms with Crippen molar-refractivity contribution in [1.29, 1.82) is 0 Å². The SMILES string of the molecule is O=C(Nc1ccc(Cl)c(S(=O)(=O)N2CCCC2)c1)c1ccc(Cl)cc1. The number of sulfonamides is 1. The van der Waals surface area contributed by atoms with Crippen LogP contribution in [0.1, 0.15) is 23.2 Å². The molecular formula is C17H16Cl2N2O3S. The Balaban J connectivity index is 1.86. The molecule has 5 nitrogen and oxygen atoms in total. The van der Waals surface area contributed by atoms with Crippen LogP contribution in [0.4, 0.5) is 5.69 Å². The molecule has 1 fully saturated rings. The van der Waals surface area contributed by atoms with E-state index in [-0.39, 0.29) is 15.8 Å². The number of hydrogen-bond donors (Lipinski definition) is 1. The van der Waals surface area contributed by atoms with Crippen molar-refractivity contribution in [3.63, 3.8) is 0 Å². The lowest BCUT2D eigenvalue weighted by Gasteiger charge is -2.17. The normalized spacial score (nSPS) is 15.3. The lowest BCUT2D eigenvalue weighted by atomic mass is 10.2. The number of amides is 1. The maximum atomic E-state index is 12.7. The van der Waals surface area contributed by atoms with Gasteiger partial charge in [0.2, 0.25) is 10.0 Å². The highest BCUT2D eigenvalue weighted by Gasteiger charge is 2.29. The molecule has 0 bridgehead atoms. The maximum absolute atomic E-state index is 12.7. The van der Waals surface area contributed by atoms with Crippen molar-refractivity contribution >= 4 is 44.8 Å². The Morgan fingerprint density at radius 1 is 1.00 bits per heavy atom. The Morgan fingerprint density at radius 3 is 2.28 bits per heavy atom. The van der Waals surface area contributed by atoms with E-state index in [2.05, 4.69) is 5.32 Å². The summed E-state index contributed by atoms with van der Waals surface area (Å²) >= 11 is 11.9. The van der Waals surface area contributed by atoms with E-state index in [1.807, 2.05) is 0 Å². The molecular weight excluding hydrogens is 383 g/mol. The molecule has 1 aliphatic rings. The molecule has 0 atom stereocenters. The third kappa shape index (κ3) is 3.98. The van der Waals surface area contributed by atoms with E-state index in [4.69, 9.17) is 23.2 Å². The molecule has 1 heterocycles. The van der Waals surface area contributed by atoms with Gasteiger partial charge in [0.05, 0.1) is 5.02 Å². The summed E-state index contributed by atoms with van der Waals surface area (Å²) in [5.74, 6) is -0.358. The first kappa shape index (κ1) is 18.2. The van der Waals surface area contributed by atoms with Crippen LogP contribution in [0.5, 0.6) is 0 Å². The van der Waals surface area contributed by atoms with Gasteiger partial charge in [0, 0.05) is 29.4 Å². The number of anilines is 1. The predicted octanol–water partition coefficient (Wildman–Crippen LogP) is 4.03. The summed E-state index contributed by atoms with van der Waals surface area (Å²) < 4.78 is 26.8. The molecule has 1 aliphatic heterocycles. The summed E-state index contributed by atoms with van der Waals surface area (Å²) in [6.07, 6.45) is 1.67. The Kier molecular flexibility index (Phi) is 5.34. The molecule has 0 saturated carbocycles.